The summed E-state index contributed by atoms with van der Waals surface area (Å²) >= 11 is 5.30. The van der Waals surface area contributed by atoms with Crippen molar-refractivity contribution in [2.75, 3.05) is 5.88 Å². The van der Waals surface area contributed by atoms with Crippen molar-refractivity contribution in [3.05, 3.63) is 35.1 Å². The smallest absolute Gasteiger partial charge is 0.338 e. The van der Waals surface area contributed by atoms with Crippen LogP contribution in [-0.2, 0) is 0 Å². The molecule has 0 aromatic heterocycles. The zero-order valence-electron chi connectivity index (χ0n) is 8.10. The summed E-state index contributed by atoms with van der Waals surface area (Å²) in [6, 6.07) is 3.55. The number of aliphatic hydroxyl groups is 2. The number of carboxylic acids is 1. The lowest BCUT2D eigenvalue weighted by Crippen LogP contribution is -2.21. The third-order valence-electron chi connectivity index (χ3n) is 2.10. The van der Waals surface area contributed by atoms with E-state index in [4.69, 9.17) is 16.7 Å². The highest BCUT2D eigenvalue weighted by molar-refractivity contribution is 6.18. The topological polar surface area (TPSA) is 77.8 Å². The van der Waals surface area contributed by atoms with E-state index in [9.17, 15) is 19.4 Å². The molecule has 0 aliphatic rings. The molecule has 0 saturated carbocycles. The van der Waals surface area contributed by atoms with Gasteiger partial charge in [-0.05, 0) is 6.07 Å². The van der Waals surface area contributed by atoms with Crippen molar-refractivity contribution in [1.29, 1.82) is 0 Å². The second kappa shape index (κ2) is 5.25. The Morgan fingerprint density at radius 3 is 2.56 bits per heavy atom. The van der Waals surface area contributed by atoms with Gasteiger partial charge in [0.15, 0.2) is 0 Å². The molecule has 0 spiro atoms. The van der Waals surface area contributed by atoms with E-state index >= 15 is 0 Å². The molecule has 1 aromatic carbocycles. The molecule has 0 fully saturated rings. The van der Waals surface area contributed by atoms with Gasteiger partial charge in [0.05, 0.1) is 17.5 Å². The number of carboxylic acid groups (broad SMARTS) is 1. The maximum absolute atomic E-state index is 13.6. The van der Waals surface area contributed by atoms with Crippen LogP contribution in [-0.4, -0.2) is 33.3 Å². The van der Waals surface area contributed by atoms with Gasteiger partial charge in [0.25, 0.3) is 0 Å². The second-order valence-corrected chi connectivity index (χ2v) is 3.49. The standard InChI is InChI=1S/C10H10ClFO4/c11-4-7(13)9(14)5-2-1-3-6(8(5)12)10(15)16/h1-3,7,9,13-14H,4H2,(H,15,16). The lowest BCUT2D eigenvalue weighted by Gasteiger charge is -2.16. The maximum atomic E-state index is 13.6. The minimum absolute atomic E-state index is 0.280. The summed E-state index contributed by atoms with van der Waals surface area (Å²) in [6.45, 7) is 0. The molecule has 0 aliphatic heterocycles. The number of alkyl halides is 1. The van der Waals surface area contributed by atoms with E-state index in [1.807, 2.05) is 0 Å². The summed E-state index contributed by atoms with van der Waals surface area (Å²) in [5.74, 6) is -2.78. The Morgan fingerprint density at radius 1 is 1.44 bits per heavy atom. The molecule has 16 heavy (non-hydrogen) atoms. The van der Waals surface area contributed by atoms with Crippen molar-refractivity contribution >= 4 is 17.6 Å². The summed E-state index contributed by atoms with van der Waals surface area (Å²) in [5, 5.41) is 27.4. The highest BCUT2D eigenvalue weighted by Crippen LogP contribution is 2.23. The van der Waals surface area contributed by atoms with Crippen LogP contribution in [0.1, 0.15) is 22.0 Å². The van der Waals surface area contributed by atoms with Crippen LogP contribution in [0.2, 0.25) is 0 Å². The van der Waals surface area contributed by atoms with Crippen molar-refractivity contribution in [2.45, 2.75) is 12.2 Å². The monoisotopic (exact) mass is 248 g/mol. The first-order valence-corrected chi connectivity index (χ1v) is 4.96. The van der Waals surface area contributed by atoms with Gasteiger partial charge < -0.3 is 15.3 Å². The summed E-state index contributed by atoms with van der Waals surface area (Å²) in [4.78, 5) is 10.6. The van der Waals surface area contributed by atoms with E-state index in [0.29, 0.717) is 0 Å². The zero-order valence-corrected chi connectivity index (χ0v) is 8.86. The van der Waals surface area contributed by atoms with Crippen LogP contribution in [0, 0.1) is 5.82 Å². The normalized spacial score (nSPS) is 14.5. The number of aromatic carboxylic acids is 1. The van der Waals surface area contributed by atoms with Crippen LogP contribution in [0.3, 0.4) is 0 Å². The predicted molar refractivity (Wildman–Crippen MR) is 55.0 cm³/mol. The summed E-state index contributed by atoms with van der Waals surface area (Å²) in [6.07, 6.45) is -2.89. The van der Waals surface area contributed by atoms with Gasteiger partial charge in [0, 0.05) is 5.56 Å². The highest BCUT2D eigenvalue weighted by atomic mass is 35.5. The van der Waals surface area contributed by atoms with Gasteiger partial charge in [-0.15, -0.1) is 11.6 Å². The third-order valence-corrected chi connectivity index (χ3v) is 2.42. The Morgan fingerprint density at radius 2 is 2.06 bits per heavy atom. The molecule has 0 aliphatic carbocycles. The summed E-state index contributed by atoms with van der Waals surface area (Å²) in [7, 11) is 0. The van der Waals surface area contributed by atoms with Crippen LogP contribution in [0.4, 0.5) is 4.39 Å². The van der Waals surface area contributed by atoms with E-state index in [2.05, 4.69) is 0 Å². The minimum Gasteiger partial charge on any atom is -0.478 e. The fourth-order valence-electron chi connectivity index (χ4n) is 1.24. The van der Waals surface area contributed by atoms with Gasteiger partial charge in [0.1, 0.15) is 11.9 Å². The first-order chi connectivity index (χ1) is 7.49. The van der Waals surface area contributed by atoms with Crippen LogP contribution < -0.4 is 0 Å². The molecule has 2 atom stereocenters. The molecule has 2 unspecified atom stereocenters. The van der Waals surface area contributed by atoms with Crippen molar-refractivity contribution in [1.82, 2.24) is 0 Å². The minimum atomic E-state index is -1.54. The van der Waals surface area contributed by atoms with Gasteiger partial charge >= 0.3 is 5.97 Å². The van der Waals surface area contributed by atoms with Crippen molar-refractivity contribution in [2.24, 2.45) is 0 Å². The van der Waals surface area contributed by atoms with Crippen LogP contribution in [0.25, 0.3) is 0 Å². The Hall–Kier alpha value is -1.17. The molecule has 3 N–H and O–H groups in total. The number of hydrogen-bond acceptors (Lipinski definition) is 3. The van der Waals surface area contributed by atoms with Gasteiger partial charge in [-0.2, -0.15) is 0 Å². The van der Waals surface area contributed by atoms with Crippen LogP contribution in [0.15, 0.2) is 18.2 Å². The summed E-state index contributed by atoms with van der Waals surface area (Å²) < 4.78 is 13.6. The summed E-state index contributed by atoms with van der Waals surface area (Å²) in [5.41, 5.74) is -0.841. The van der Waals surface area contributed by atoms with Gasteiger partial charge in [-0.1, -0.05) is 12.1 Å². The van der Waals surface area contributed by atoms with Crippen molar-refractivity contribution in [3.63, 3.8) is 0 Å². The predicted octanol–water partition coefficient (Wildman–Crippen LogP) is 1.16. The average molecular weight is 249 g/mol. The fraction of sp³-hybridized carbons (Fsp3) is 0.300. The Labute approximate surface area is 95.9 Å². The number of rotatable bonds is 4. The number of aliphatic hydroxyl groups excluding tert-OH is 2. The number of benzene rings is 1. The SMILES string of the molecule is O=C(O)c1cccc(C(O)C(O)CCl)c1F. The Balaban J connectivity index is 3.15. The lowest BCUT2D eigenvalue weighted by atomic mass is 10.0. The molecule has 0 saturated heterocycles. The van der Waals surface area contributed by atoms with Gasteiger partial charge in [-0.25, -0.2) is 9.18 Å². The van der Waals surface area contributed by atoms with E-state index < -0.39 is 29.6 Å². The molecule has 0 radical (unpaired) electrons. The lowest BCUT2D eigenvalue weighted by molar-refractivity contribution is 0.0302. The maximum Gasteiger partial charge on any atom is 0.338 e. The number of carbonyl (C=O) groups is 1. The molecule has 6 heteroatoms. The van der Waals surface area contributed by atoms with E-state index in [0.717, 1.165) is 6.07 Å². The van der Waals surface area contributed by atoms with Crippen LogP contribution >= 0.6 is 11.6 Å². The first kappa shape index (κ1) is 12.9. The van der Waals surface area contributed by atoms with Crippen molar-refractivity contribution in [3.8, 4) is 0 Å². The number of halogens is 2. The van der Waals surface area contributed by atoms with E-state index in [1.165, 1.54) is 12.1 Å². The highest BCUT2D eigenvalue weighted by Gasteiger charge is 2.23. The van der Waals surface area contributed by atoms with E-state index in [1.54, 1.807) is 0 Å². The third kappa shape index (κ3) is 2.49. The van der Waals surface area contributed by atoms with Gasteiger partial charge in [0.2, 0.25) is 0 Å². The fourth-order valence-corrected chi connectivity index (χ4v) is 1.40. The molecule has 1 rings (SSSR count). The average Bonchev–Trinajstić information content (AvgIpc) is 2.27. The van der Waals surface area contributed by atoms with E-state index in [-0.39, 0.29) is 11.4 Å². The molecular formula is C10H10ClFO4. The second-order valence-electron chi connectivity index (χ2n) is 3.18. The Bertz CT molecular complexity index is 396. The molecule has 4 nitrogen and oxygen atoms in total. The largest absolute Gasteiger partial charge is 0.478 e. The molecular weight excluding hydrogens is 239 g/mol. The Kier molecular flexibility index (Phi) is 4.23. The zero-order chi connectivity index (χ0) is 12.3. The first-order valence-electron chi connectivity index (χ1n) is 4.42. The van der Waals surface area contributed by atoms with Gasteiger partial charge in [-0.3, -0.25) is 0 Å². The molecule has 0 amide bonds. The number of hydrogen-bond donors (Lipinski definition) is 3. The van der Waals surface area contributed by atoms with Crippen LogP contribution in [0.5, 0.6) is 0 Å². The molecule has 88 valence electrons. The molecule has 0 bridgehead atoms. The molecule has 0 heterocycles. The molecule has 1 aromatic rings. The quantitative estimate of drug-likeness (QED) is 0.699. The van der Waals surface area contributed by atoms with Crippen molar-refractivity contribution < 1.29 is 24.5 Å².